The molecule has 0 spiro atoms. The fraction of sp³-hybridized carbons (Fsp3) is 0.400. The highest BCUT2D eigenvalue weighted by atomic mass is 16.5. The van der Waals surface area contributed by atoms with Crippen molar-refractivity contribution in [1.29, 1.82) is 0 Å². The summed E-state index contributed by atoms with van der Waals surface area (Å²) >= 11 is 0. The number of ether oxygens (including phenoxy) is 3. The van der Waals surface area contributed by atoms with E-state index in [-0.39, 0.29) is 12.0 Å². The zero-order chi connectivity index (χ0) is 20.8. The van der Waals surface area contributed by atoms with Crippen molar-refractivity contribution in [2.45, 2.75) is 31.8 Å². The van der Waals surface area contributed by atoms with E-state index in [9.17, 15) is 4.79 Å². The highest BCUT2D eigenvalue weighted by Crippen LogP contribution is 2.47. The Morgan fingerprint density at radius 3 is 2.57 bits per heavy atom. The van der Waals surface area contributed by atoms with E-state index in [2.05, 4.69) is 0 Å². The van der Waals surface area contributed by atoms with Gasteiger partial charge in [0, 0.05) is 18.2 Å². The van der Waals surface area contributed by atoms with Crippen molar-refractivity contribution in [3.05, 3.63) is 47.5 Å². The number of methoxy groups -OCH3 is 2. The van der Waals surface area contributed by atoms with Gasteiger partial charge < -0.3 is 19.1 Å². The van der Waals surface area contributed by atoms with Crippen molar-refractivity contribution in [2.24, 2.45) is 11.8 Å². The molecule has 2 saturated carbocycles. The fourth-order valence-corrected chi connectivity index (χ4v) is 5.23. The standard InChI is InChI=1S/C25H27NO4/c1-26-21-8-7-18(28-2)14-19(21)20(25(26)27)11-16-5-9-22(29-3)24(13-16)30-23-12-15-4-6-17(23)10-15/h5,7-9,11,13-15,17,23H,4,6,10,12H2,1-3H3/b20-11+/t15-,17+,23+/m1/s1. The molecule has 1 heterocycles. The van der Waals surface area contributed by atoms with Gasteiger partial charge in [-0.25, -0.2) is 0 Å². The van der Waals surface area contributed by atoms with Gasteiger partial charge in [-0.15, -0.1) is 0 Å². The monoisotopic (exact) mass is 405 g/mol. The summed E-state index contributed by atoms with van der Waals surface area (Å²) in [5, 5.41) is 0. The molecular weight excluding hydrogens is 378 g/mol. The summed E-state index contributed by atoms with van der Waals surface area (Å²) < 4.78 is 17.3. The molecule has 0 unspecified atom stereocenters. The van der Waals surface area contributed by atoms with Gasteiger partial charge in [0.25, 0.3) is 5.91 Å². The lowest BCUT2D eigenvalue weighted by atomic mass is 9.97. The molecule has 5 nitrogen and oxygen atoms in total. The van der Waals surface area contributed by atoms with Gasteiger partial charge in [0.15, 0.2) is 11.5 Å². The predicted octanol–water partition coefficient (Wildman–Crippen LogP) is 4.79. The van der Waals surface area contributed by atoms with E-state index in [1.165, 1.54) is 19.3 Å². The molecule has 5 heteroatoms. The van der Waals surface area contributed by atoms with Crippen molar-refractivity contribution in [2.75, 3.05) is 26.2 Å². The number of nitrogens with zero attached hydrogens (tertiary/aromatic N) is 1. The van der Waals surface area contributed by atoms with E-state index >= 15 is 0 Å². The highest BCUT2D eigenvalue weighted by Gasteiger charge is 2.41. The van der Waals surface area contributed by atoms with Crippen molar-refractivity contribution in [1.82, 2.24) is 0 Å². The first-order valence-corrected chi connectivity index (χ1v) is 10.6. The number of amides is 1. The zero-order valence-electron chi connectivity index (χ0n) is 17.7. The lowest BCUT2D eigenvalue weighted by Crippen LogP contribution is -2.23. The molecule has 0 saturated heterocycles. The van der Waals surface area contributed by atoms with Crippen molar-refractivity contribution < 1.29 is 19.0 Å². The Balaban J connectivity index is 1.49. The minimum Gasteiger partial charge on any atom is -0.497 e. The third-order valence-electron chi connectivity index (χ3n) is 6.84. The Morgan fingerprint density at radius 2 is 1.87 bits per heavy atom. The summed E-state index contributed by atoms with van der Waals surface area (Å²) in [6.07, 6.45) is 7.22. The van der Waals surface area contributed by atoms with Gasteiger partial charge in [-0.2, -0.15) is 0 Å². The Labute approximate surface area is 177 Å². The topological polar surface area (TPSA) is 48.0 Å². The third-order valence-corrected chi connectivity index (χ3v) is 6.84. The van der Waals surface area contributed by atoms with Gasteiger partial charge in [-0.1, -0.05) is 6.07 Å². The second-order valence-electron chi connectivity index (χ2n) is 8.55. The summed E-state index contributed by atoms with van der Waals surface area (Å²) in [6.45, 7) is 0. The van der Waals surface area contributed by atoms with Crippen molar-refractivity contribution in [3.63, 3.8) is 0 Å². The van der Waals surface area contributed by atoms with Crippen LogP contribution in [0.3, 0.4) is 0 Å². The Hall–Kier alpha value is -2.95. The van der Waals surface area contributed by atoms with Crippen LogP contribution in [0.4, 0.5) is 5.69 Å². The average molecular weight is 405 g/mol. The lowest BCUT2D eigenvalue weighted by molar-refractivity contribution is -0.112. The van der Waals surface area contributed by atoms with E-state index in [0.717, 1.165) is 46.4 Å². The van der Waals surface area contributed by atoms with E-state index in [1.54, 1.807) is 26.2 Å². The minimum atomic E-state index is -0.0235. The maximum Gasteiger partial charge on any atom is 0.258 e. The molecule has 30 heavy (non-hydrogen) atoms. The maximum atomic E-state index is 12.9. The van der Waals surface area contributed by atoms with Crippen LogP contribution in [0.15, 0.2) is 36.4 Å². The average Bonchev–Trinajstić information content (AvgIpc) is 3.44. The third kappa shape index (κ3) is 3.13. The number of rotatable bonds is 5. The fourth-order valence-electron chi connectivity index (χ4n) is 5.23. The Morgan fingerprint density at radius 1 is 1.00 bits per heavy atom. The molecule has 1 aliphatic heterocycles. The number of benzene rings is 2. The molecule has 0 aromatic heterocycles. The number of hydrogen-bond acceptors (Lipinski definition) is 4. The van der Waals surface area contributed by atoms with Crippen molar-refractivity contribution >= 4 is 23.2 Å². The van der Waals surface area contributed by atoms with Crippen LogP contribution < -0.4 is 19.1 Å². The van der Waals surface area contributed by atoms with Gasteiger partial charge in [0.05, 0.1) is 19.9 Å². The normalized spacial score (nSPS) is 25.7. The molecule has 0 radical (unpaired) electrons. The van der Waals surface area contributed by atoms with Crippen LogP contribution in [0.1, 0.15) is 36.8 Å². The molecule has 3 aliphatic rings. The van der Waals surface area contributed by atoms with Crippen LogP contribution in [0.5, 0.6) is 17.2 Å². The minimum absolute atomic E-state index is 0.0235. The summed E-state index contributed by atoms with van der Waals surface area (Å²) in [5.41, 5.74) is 3.34. The molecule has 2 aromatic rings. The molecule has 0 N–H and O–H groups in total. The van der Waals surface area contributed by atoms with Crippen LogP contribution in [-0.2, 0) is 4.79 Å². The number of anilines is 1. The molecule has 2 aliphatic carbocycles. The maximum absolute atomic E-state index is 12.9. The molecule has 5 rings (SSSR count). The van der Waals surface area contributed by atoms with E-state index in [4.69, 9.17) is 14.2 Å². The van der Waals surface area contributed by atoms with Gasteiger partial charge in [-0.05, 0) is 79.5 Å². The molecule has 2 bridgehead atoms. The van der Waals surface area contributed by atoms with E-state index < -0.39 is 0 Å². The van der Waals surface area contributed by atoms with Crippen LogP contribution in [0.2, 0.25) is 0 Å². The summed E-state index contributed by atoms with van der Waals surface area (Å²) in [6, 6.07) is 11.6. The first-order chi connectivity index (χ1) is 14.6. The molecular formula is C25H27NO4. The molecule has 2 fully saturated rings. The SMILES string of the molecule is COc1ccc2c(c1)/C(=C\c1ccc(OC)c(O[C@H]3C[C@@H]4CC[C@H]3C4)c1)C(=O)N2C. The largest absolute Gasteiger partial charge is 0.497 e. The number of fused-ring (bicyclic) bond motifs is 3. The summed E-state index contributed by atoms with van der Waals surface area (Å²) in [7, 11) is 5.10. The number of carbonyl (C=O) groups is 1. The van der Waals surface area contributed by atoms with Gasteiger partial charge >= 0.3 is 0 Å². The second-order valence-corrected chi connectivity index (χ2v) is 8.55. The molecule has 3 atom stereocenters. The van der Waals surface area contributed by atoms with Crippen LogP contribution in [-0.4, -0.2) is 33.3 Å². The van der Waals surface area contributed by atoms with E-state index in [1.807, 2.05) is 42.5 Å². The Bertz CT molecular complexity index is 1030. The summed E-state index contributed by atoms with van der Waals surface area (Å²) in [4.78, 5) is 14.6. The number of carbonyl (C=O) groups excluding carboxylic acids is 1. The zero-order valence-corrected chi connectivity index (χ0v) is 17.7. The molecule has 1 amide bonds. The van der Waals surface area contributed by atoms with E-state index in [0.29, 0.717) is 11.5 Å². The van der Waals surface area contributed by atoms with Crippen LogP contribution in [0.25, 0.3) is 11.6 Å². The second kappa shape index (κ2) is 7.38. The number of hydrogen-bond donors (Lipinski definition) is 0. The van der Waals surface area contributed by atoms with Gasteiger partial charge in [0.2, 0.25) is 0 Å². The predicted molar refractivity (Wildman–Crippen MR) is 117 cm³/mol. The Kier molecular flexibility index (Phi) is 4.69. The quantitative estimate of drug-likeness (QED) is 0.671. The first kappa shape index (κ1) is 19.0. The number of likely N-dealkylation sites (N-methyl/N-ethyl adjacent to an activating group) is 1. The molecule has 156 valence electrons. The summed E-state index contributed by atoms with van der Waals surface area (Å²) in [5.74, 6) is 3.67. The van der Waals surface area contributed by atoms with Crippen molar-refractivity contribution in [3.8, 4) is 17.2 Å². The molecule has 2 aromatic carbocycles. The van der Waals surface area contributed by atoms with Crippen LogP contribution >= 0.6 is 0 Å². The smallest absolute Gasteiger partial charge is 0.258 e. The highest BCUT2D eigenvalue weighted by molar-refractivity contribution is 6.35. The lowest BCUT2D eigenvalue weighted by Gasteiger charge is -2.24. The van der Waals surface area contributed by atoms with Crippen LogP contribution in [0, 0.1) is 11.8 Å². The van der Waals surface area contributed by atoms with Gasteiger partial charge in [-0.3, -0.25) is 4.79 Å². The van der Waals surface area contributed by atoms with Gasteiger partial charge in [0.1, 0.15) is 11.9 Å². The first-order valence-electron chi connectivity index (χ1n) is 10.6.